The second-order valence-electron chi connectivity index (χ2n) is 1.69. The summed E-state index contributed by atoms with van der Waals surface area (Å²) < 4.78 is 4.47. The van der Waals surface area contributed by atoms with Crippen LogP contribution in [0.15, 0.2) is 0 Å². The third-order valence-electron chi connectivity index (χ3n) is 0.770. The van der Waals surface area contributed by atoms with Crippen LogP contribution in [0.4, 0.5) is 0 Å². The summed E-state index contributed by atoms with van der Waals surface area (Å²) in [5, 5.41) is 15.8. The van der Waals surface area contributed by atoms with Gasteiger partial charge in [0.25, 0.3) is 0 Å². The van der Waals surface area contributed by atoms with Crippen molar-refractivity contribution in [2.75, 3.05) is 12.8 Å². The molecular weight excluding hydrogens is 155 g/mol. The van der Waals surface area contributed by atoms with E-state index in [-0.39, 0.29) is 0 Å². The molecule has 1 rings (SSSR count). The molecule has 0 amide bonds. The maximum Gasteiger partial charge on any atom is 0.151 e. The quantitative estimate of drug-likeness (QED) is 0.334. The van der Waals surface area contributed by atoms with E-state index in [2.05, 4.69) is 9.56 Å². The van der Waals surface area contributed by atoms with Crippen LogP contribution in [0.3, 0.4) is 0 Å². The summed E-state index contributed by atoms with van der Waals surface area (Å²) in [6.45, 7) is 2.49. The fraction of sp³-hybridized carbons (Fsp3) is 1.00. The highest BCUT2D eigenvalue weighted by Crippen LogP contribution is 2.17. The van der Waals surface area contributed by atoms with E-state index < -0.39 is 6.29 Å². The first-order valence-electron chi connectivity index (χ1n) is 3.14. The molecule has 0 bridgehead atoms. The molecule has 2 N–H and O–H groups in total. The van der Waals surface area contributed by atoms with Crippen molar-refractivity contribution in [3.63, 3.8) is 0 Å². The fourth-order valence-corrected chi connectivity index (χ4v) is 0.625. The van der Waals surface area contributed by atoms with Crippen LogP contribution >= 0.6 is 8.81 Å². The standard InChI is InChI=1S/C3H8O2.C2H5O2P/c1-2-3(4)5;1-2-5-4-3-1/h3-5H,2H2,1H3;5H,1-2H2. The Hall–Kier alpha value is 0.270. The summed E-state index contributed by atoms with van der Waals surface area (Å²) in [6, 6.07) is 0. The minimum Gasteiger partial charge on any atom is -0.368 e. The van der Waals surface area contributed by atoms with Crippen molar-refractivity contribution in [1.82, 2.24) is 0 Å². The Bertz CT molecular complexity index is 57.1. The lowest BCUT2D eigenvalue weighted by Gasteiger charge is -1.90. The average Bonchev–Trinajstić information content (AvgIpc) is 2.43. The van der Waals surface area contributed by atoms with E-state index >= 15 is 0 Å². The van der Waals surface area contributed by atoms with Crippen LogP contribution in [0.25, 0.3) is 0 Å². The summed E-state index contributed by atoms with van der Waals surface area (Å²) >= 11 is 0. The molecule has 1 atom stereocenters. The number of hydrogen-bond acceptors (Lipinski definition) is 4. The molecule has 4 nitrogen and oxygen atoms in total. The molecule has 1 aliphatic rings. The van der Waals surface area contributed by atoms with Crippen LogP contribution in [-0.4, -0.2) is 29.3 Å². The molecule has 0 aromatic rings. The molecule has 10 heavy (non-hydrogen) atoms. The second-order valence-corrected chi connectivity index (χ2v) is 2.64. The van der Waals surface area contributed by atoms with Crippen LogP contribution in [0, 0.1) is 0 Å². The van der Waals surface area contributed by atoms with Crippen molar-refractivity contribution in [2.45, 2.75) is 19.6 Å². The zero-order chi connectivity index (χ0) is 7.82. The predicted molar refractivity (Wildman–Crippen MR) is 38.7 cm³/mol. The van der Waals surface area contributed by atoms with Gasteiger partial charge in [-0.3, -0.25) is 0 Å². The lowest BCUT2D eigenvalue weighted by molar-refractivity contribution is -0.172. The van der Waals surface area contributed by atoms with Crippen LogP contribution < -0.4 is 0 Å². The van der Waals surface area contributed by atoms with Gasteiger partial charge < -0.3 is 10.2 Å². The smallest absolute Gasteiger partial charge is 0.151 e. The highest BCUT2D eigenvalue weighted by molar-refractivity contribution is 7.32. The first-order valence-corrected chi connectivity index (χ1v) is 4.26. The van der Waals surface area contributed by atoms with E-state index in [0.717, 1.165) is 12.8 Å². The molecule has 5 heteroatoms. The largest absolute Gasteiger partial charge is 0.368 e. The molecule has 1 saturated heterocycles. The Kier molecular flexibility index (Phi) is 7.58. The van der Waals surface area contributed by atoms with Crippen LogP contribution in [0.5, 0.6) is 0 Å². The zero-order valence-electron chi connectivity index (χ0n) is 5.91. The normalized spacial score (nSPS) is 19.2. The van der Waals surface area contributed by atoms with Gasteiger partial charge in [-0.2, -0.15) is 0 Å². The minimum absolute atomic E-state index is 0.417. The first kappa shape index (κ1) is 10.3. The van der Waals surface area contributed by atoms with Gasteiger partial charge in [-0.05, 0) is 6.42 Å². The van der Waals surface area contributed by atoms with Crippen LogP contribution in [0.1, 0.15) is 13.3 Å². The topological polar surface area (TPSA) is 58.9 Å². The van der Waals surface area contributed by atoms with Crippen LogP contribution in [0.2, 0.25) is 0 Å². The maximum atomic E-state index is 7.92. The molecule has 62 valence electrons. The summed E-state index contributed by atoms with van der Waals surface area (Å²) in [5.74, 6) is 0. The lowest BCUT2D eigenvalue weighted by atomic mass is 10.5. The van der Waals surface area contributed by atoms with E-state index in [1.54, 1.807) is 6.92 Å². The van der Waals surface area contributed by atoms with E-state index in [4.69, 9.17) is 10.2 Å². The minimum atomic E-state index is -1.12. The summed E-state index contributed by atoms with van der Waals surface area (Å²) in [5.41, 5.74) is 0. The molecule has 0 spiro atoms. The third kappa shape index (κ3) is 8.27. The summed E-state index contributed by atoms with van der Waals surface area (Å²) in [4.78, 5) is 4.46. The molecule has 1 unspecified atom stereocenters. The number of hydrogen-bond donors (Lipinski definition) is 2. The van der Waals surface area contributed by atoms with Crippen molar-refractivity contribution >= 4 is 8.81 Å². The number of rotatable bonds is 1. The highest BCUT2D eigenvalue weighted by Gasteiger charge is 1.96. The molecule has 1 heterocycles. The van der Waals surface area contributed by atoms with Gasteiger partial charge in [-0.25, -0.2) is 9.56 Å². The molecular formula is C5H13O4P. The third-order valence-corrected chi connectivity index (χ3v) is 1.41. The average molecular weight is 168 g/mol. The molecule has 0 aromatic carbocycles. The van der Waals surface area contributed by atoms with E-state index in [0.29, 0.717) is 15.2 Å². The number of aliphatic hydroxyl groups excluding tert-OH is 1. The maximum absolute atomic E-state index is 7.92. The Labute approximate surface area is 61.9 Å². The van der Waals surface area contributed by atoms with Crippen molar-refractivity contribution < 1.29 is 19.8 Å². The molecule has 0 aromatic heterocycles. The second kappa shape index (κ2) is 7.38. The van der Waals surface area contributed by atoms with E-state index in [9.17, 15) is 0 Å². The Morgan fingerprint density at radius 3 is 2.30 bits per heavy atom. The fourth-order valence-electron chi connectivity index (χ4n) is 0.208. The Balaban J connectivity index is 0.000000162. The number of aliphatic hydroxyl groups is 2. The summed E-state index contributed by atoms with van der Waals surface area (Å²) in [6.07, 6.45) is 0.384. The molecule has 0 radical (unpaired) electrons. The van der Waals surface area contributed by atoms with Crippen molar-refractivity contribution in [2.24, 2.45) is 0 Å². The first-order chi connectivity index (χ1) is 4.77. The van der Waals surface area contributed by atoms with Gasteiger partial charge in [0.1, 0.15) is 0 Å². The Morgan fingerprint density at radius 2 is 2.20 bits per heavy atom. The monoisotopic (exact) mass is 168 g/mol. The predicted octanol–water partition coefficient (Wildman–Crippen LogP) is 0.249. The molecule has 0 aliphatic carbocycles. The Morgan fingerprint density at radius 1 is 1.60 bits per heavy atom. The van der Waals surface area contributed by atoms with Gasteiger partial charge in [0.05, 0.1) is 15.4 Å². The molecule has 0 saturated carbocycles. The van der Waals surface area contributed by atoms with E-state index in [1.165, 1.54) is 0 Å². The zero-order valence-corrected chi connectivity index (χ0v) is 6.91. The molecule has 1 aliphatic heterocycles. The SMILES string of the molecule is C1CPOO1.CCC(O)O. The van der Waals surface area contributed by atoms with Gasteiger partial charge >= 0.3 is 0 Å². The molecule has 1 fully saturated rings. The van der Waals surface area contributed by atoms with Crippen LogP contribution in [-0.2, 0) is 9.56 Å². The lowest BCUT2D eigenvalue weighted by Crippen LogP contribution is -1.99. The van der Waals surface area contributed by atoms with Gasteiger partial charge in [-0.15, -0.1) is 0 Å². The van der Waals surface area contributed by atoms with Crippen molar-refractivity contribution in [3.8, 4) is 0 Å². The van der Waals surface area contributed by atoms with Gasteiger partial charge in [0.2, 0.25) is 0 Å². The van der Waals surface area contributed by atoms with Crippen molar-refractivity contribution in [1.29, 1.82) is 0 Å². The summed E-state index contributed by atoms with van der Waals surface area (Å²) in [7, 11) is 0.586. The van der Waals surface area contributed by atoms with Gasteiger partial charge in [0, 0.05) is 6.16 Å². The van der Waals surface area contributed by atoms with Gasteiger partial charge in [0.15, 0.2) is 6.29 Å². The van der Waals surface area contributed by atoms with E-state index in [1.807, 2.05) is 0 Å². The highest BCUT2D eigenvalue weighted by atomic mass is 31.1. The van der Waals surface area contributed by atoms with Gasteiger partial charge in [-0.1, -0.05) is 6.92 Å². The van der Waals surface area contributed by atoms with Crippen molar-refractivity contribution in [3.05, 3.63) is 0 Å².